The maximum atomic E-state index is 11.9. The van der Waals surface area contributed by atoms with E-state index in [1.165, 1.54) is 0 Å². The van der Waals surface area contributed by atoms with Crippen molar-refractivity contribution in [3.63, 3.8) is 0 Å². The number of carbonyl (C=O) groups is 2. The van der Waals surface area contributed by atoms with Crippen LogP contribution < -0.4 is 5.32 Å². The standard InChI is InChI=1S/C12H15NO3/c1-9(2)16-11(14)8-13-12(15)10-6-4-3-5-7-10/h3-7,9H,8H2,1-2H3,(H,13,15)/i3D,4D,5D,6D,7D. The fraction of sp³-hybridized carbons (Fsp3) is 0.333. The van der Waals surface area contributed by atoms with Gasteiger partial charge in [0.15, 0.2) is 0 Å². The number of amides is 1. The van der Waals surface area contributed by atoms with Crippen molar-refractivity contribution in [1.29, 1.82) is 0 Å². The fourth-order valence-corrected chi connectivity index (χ4v) is 0.909. The molecule has 0 bridgehead atoms. The monoisotopic (exact) mass is 226 g/mol. The molecule has 0 aliphatic rings. The molecule has 0 saturated carbocycles. The lowest BCUT2D eigenvalue weighted by Gasteiger charge is -2.08. The maximum Gasteiger partial charge on any atom is 0.325 e. The Kier molecular flexibility index (Phi) is 2.46. The van der Waals surface area contributed by atoms with Crippen molar-refractivity contribution in [3.05, 3.63) is 35.8 Å². The first-order valence-corrected chi connectivity index (χ1v) is 4.71. The molecule has 0 heterocycles. The molecule has 1 amide bonds. The zero-order valence-electron chi connectivity index (χ0n) is 14.0. The first-order chi connectivity index (χ1) is 9.66. The molecule has 4 nitrogen and oxygen atoms in total. The normalized spacial score (nSPS) is 14.3. The van der Waals surface area contributed by atoms with Crippen molar-refractivity contribution < 1.29 is 21.2 Å². The highest BCUT2D eigenvalue weighted by Gasteiger charge is 2.09. The lowest BCUT2D eigenvalue weighted by molar-refractivity contribution is -0.146. The minimum atomic E-state index is -0.923. The third-order valence-electron chi connectivity index (χ3n) is 1.49. The zero-order chi connectivity index (χ0) is 16.3. The van der Waals surface area contributed by atoms with Crippen LogP contribution in [0.4, 0.5) is 0 Å². The van der Waals surface area contributed by atoms with Crippen LogP contribution in [0.1, 0.15) is 31.1 Å². The highest BCUT2D eigenvalue weighted by atomic mass is 16.5. The first-order valence-electron chi connectivity index (χ1n) is 7.21. The predicted molar refractivity (Wildman–Crippen MR) is 60.0 cm³/mol. The zero-order valence-corrected chi connectivity index (χ0v) is 9.01. The molecule has 0 unspecified atom stereocenters. The molecule has 0 radical (unpaired) electrons. The number of rotatable bonds is 4. The number of benzene rings is 1. The Morgan fingerprint density at radius 3 is 2.56 bits per heavy atom. The molecular formula is C12H15NO3. The van der Waals surface area contributed by atoms with Crippen LogP contribution in [-0.4, -0.2) is 24.5 Å². The Balaban J connectivity index is 2.96. The van der Waals surface area contributed by atoms with E-state index in [1.54, 1.807) is 13.8 Å². The Morgan fingerprint density at radius 2 is 2.00 bits per heavy atom. The first kappa shape index (κ1) is 6.68. The van der Waals surface area contributed by atoms with Gasteiger partial charge in [0.1, 0.15) is 6.54 Å². The van der Waals surface area contributed by atoms with Gasteiger partial charge in [-0.2, -0.15) is 0 Å². The van der Waals surface area contributed by atoms with Gasteiger partial charge in [0.05, 0.1) is 13.0 Å². The Morgan fingerprint density at radius 1 is 1.38 bits per heavy atom. The average molecular weight is 226 g/mol. The molecule has 0 spiro atoms. The summed E-state index contributed by atoms with van der Waals surface area (Å²) < 4.78 is 42.4. The quantitative estimate of drug-likeness (QED) is 0.789. The van der Waals surface area contributed by atoms with Crippen molar-refractivity contribution in [3.8, 4) is 0 Å². The van der Waals surface area contributed by atoms with E-state index < -0.39 is 54.2 Å². The van der Waals surface area contributed by atoms with E-state index in [9.17, 15) is 9.59 Å². The van der Waals surface area contributed by atoms with Crippen molar-refractivity contribution in [1.82, 2.24) is 5.32 Å². The molecule has 1 rings (SSSR count). The Labute approximate surface area is 102 Å². The van der Waals surface area contributed by atoms with Gasteiger partial charge in [-0.1, -0.05) is 18.1 Å². The van der Waals surface area contributed by atoms with Gasteiger partial charge >= 0.3 is 5.97 Å². The number of esters is 1. The summed E-state index contributed by atoms with van der Waals surface area (Å²) in [5.74, 6) is -1.60. The van der Waals surface area contributed by atoms with Crippen molar-refractivity contribution >= 4 is 11.9 Å². The van der Waals surface area contributed by atoms with Crippen LogP contribution in [0.15, 0.2) is 30.2 Å². The van der Waals surface area contributed by atoms with E-state index in [1.807, 2.05) is 0 Å². The van der Waals surface area contributed by atoms with E-state index >= 15 is 0 Å². The summed E-state index contributed by atoms with van der Waals surface area (Å²) in [6.07, 6.45) is -0.338. The molecule has 0 aliphatic carbocycles. The van der Waals surface area contributed by atoms with Crippen LogP contribution in [0.5, 0.6) is 0 Å². The molecule has 0 aromatic heterocycles. The van der Waals surface area contributed by atoms with Gasteiger partial charge in [-0.25, -0.2) is 0 Å². The number of ether oxygens (including phenoxy) is 1. The highest BCUT2D eigenvalue weighted by molar-refractivity contribution is 5.95. The minimum Gasteiger partial charge on any atom is -0.462 e. The van der Waals surface area contributed by atoms with Crippen LogP contribution in [0.2, 0.25) is 0 Å². The van der Waals surface area contributed by atoms with E-state index in [2.05, 4.69) is 5.32 Å². The molecule has 0 aliphatic heterocycles. The van der Waals surface area contributed by atoms with Crippen LogP contribution in [0.3, 0.4) is 0 Å². The van der Waals surface area contributed by atoms with Crippen LogP contribution in [0.25, 0.3) is 0 Å². The Hall–Kier alpha value is -1.84. The number of hydrogen-bond acceptors (Lipinski definition) is 3. The minimum absolute atomic E-state index is 0.338. The van der Waals surface area contributed by atoms with Gasteiger partial charge in [-0.15, -0.1) is 0 Å². The summed E-state index contributed by atoms with van der Waals surface area (Å²) in [7, 11) is 0. The van der Waals surface area contributed by atoms with E-state index in [-0.39, 0.29) is 6.10 Å². The molecule has 4 heteroatoms. The predicted octanol–water partition coefficient (Wildman–Crippen LogP) is 1.37. The lowest BCUT2D eigenvalue weighted by Crippen LogP contribution is -2.31. The van der Waals surface area contributed by atoms with Crippen LogP contribution in [-0.2, 0) is 9.53 Å². The smallest absolute Gasteiger partial charge is 0.325 e. The summed E-state index contributed by atoms with van der Waals surface area (Å²) in [5, 5.41) is 2.18. The molecule has 0 fully saturated rings. The number of carbonyl (C=O) groups excluding carboxylic acids is 2. The van der Waals surface area contributed by atoms with Gasteiger partial charge in [0.2, 0.25) is 0 Å². The third kappa shape index (κ3) is 4.13. The van der Waals surface area contributed by atoms with E-state index in [0.717, 1.165) is 0 Å². The summed E-state index contributed by atoms with van der Waals surface area (Å²) in [6, 6.07) is -3.02. The van der Waals surface area contributed by atoms with E-state index in [0.29, 0.717) is 0 Å². The second-order valence-electron chi connectivity index (χ2n) is 3.22. The van der Waals surface area contributed by atoms with Gasteiger partial charge < -0.3 is 10.1 Å². The molecule has 16 heavy (non-hydrogen) atoms. The SMILES string of the molecule is [2H]c1c([2H])c([2H])c(C(=O)NCC(=O)OC(C)C)c([2H])c1[2H]. The van der Waals surface area contributed by atoms with Crippen molar-refractivity contribution in [2.24, 2.45) is 0 Å². The summed E-state index contributed by atoms with van der Waals surface area (Å²) in [4.78, 5) is 23.2. The maximum absolute atomic E-state index is 11.9. The van der Waals surface area contributed by atoms with Crippen molar-refractivity contribution in [2.75, 3.05) is 6.54 Å². The molecule has 0 atom stereocenters. The van der Waals surface area contributed by atoms with Gasteiger partial charge in [-0.05, 0) is 25.9 Å². The van der Waals surface area contributed by atoms with E-state index in [4.69, 9.17) is 11.6 Å². The van der Waals surface area contributed by atoms with Gasteiger partial charge in [0.25, 0.3) is 5.91 Å². The Bertz CT molecular complexity index is 560. The molecule has 1 aromatic carbocycles. The average Bonchev–Trinajstić information content (AvgIpc) is 2.40. The molecular weight excluding hydrogens is 206 g/mol. The third-order valence-corrected chi connectivity index (χ3v) is 1.49. The topological polar surface area (TPSA) is 55.4 Å². The second-order valence-corrected chi connectivity index (χ2v) is 3.22. The molecule has 0 saturated heterocycles. The van der Waals surface area contributed by atoms with Crippen LogP contribution >= 0.6 is 0 Å². The molecule has 86 valence electrons. The number of hydrogen-bond donors (Lipinski definition) is 1. The number of nitrogens with one attached hydrogen (secondary N) is 1. The summed E-state index contributed by atoms with van der Waals surface area (Å²) >= 11 is 0. The second kappa shape index (κ2) is 5.90. The summed E-state index contributed by atoms with van der Waals surface area (Å²) in [6.45, 7) is 2.85. The lowest BCUT2D eigenvalue weighted by atomic mass is 10.2. The van der Waals surface area contributed by atoms with Crippen LogP contribution in [0, 0.1) is 0 Å². The summed E-state index contributed by atoms with van der Waals surface area (Å²) in [5.41, 5.74) is -0.502. The van der Waals surface area contributed by atoms with Gasteiger partial charge in [0, 0.05) is 5.56 Å². The highest BCUT2D eigenvalue weighted by Crippen LogP contribution is 1.97. The molecule has 1 aromatic rings. The van der Waals surface area contributed by atoms with Crippen molar-refractivity contribution in [2.45, 2.75) is 20.0 Å². The van der Waals surface area contributed by atoms with Gasteiger partial charge in [-0.3, -0.25) is 9.59 Å². The molecule has 1 N–H and O–H groups in total. The largest absolute Gasteiger partial charge is 0.462 e. The fourth-order valence-electron chi connectivity index (χ4n) is 0.909.